The Hall–Kier alpha value is -1.67. The van der Waals surface area contributed by atoms with Gasteiger partial charge in [0.2, 0.25) is 15.9 Å². The molecule has 0 heterocycles. The first kappa shape index (κ1) is 19.4. The van der Waals surface area contributed by atoms with E-state index < -0.39 is 10.0 Å². The molecule has 2 rings (SSSR count). The normalized spacial score (nSPS) is 12.5. The van der Waals surface area contributed by atoms with Crippen molar-refractivity contribution in [1.29, 1.82) is 0 Å². The van der Waals surface area contributed by atoms with E-state index in [-0.39, 0.29) is 35.8 Å². The van der Waals surface area contributed by atoms with E-state index in [1.807, 2.05) is 0 Å². The molecule has 0 radical (unpaired) electrons. The van der Waals surface area contributed by atoms with Crippen molar-refractivity contribution >= 4 is 44.8 Å². The van der Waals surface area contributed by atoms with Crippen molar-refractivity contribution in [2.75, 3.05) is 11.9 Å². The summed E-state index contributed by atoms with van der Waals surface area (Å²) < 4.78 is 27.5. The number of rotatable bonds is 5. The summed E-state index contributed by atoms with van der Waals surface area (Å²) in [6.07, 6.45) is 0. The lowest BCUT2D eigenvalue weighted by atomic mass is 10.1. The largest absolute Gasteiger partial charge is 0.329 e. The molecule has 0 unspecified atom stereocenters. The Morgan fingerprint density at radius 3 is 2.35 bits per heavy atom. The van der Waals surface area contributed by atoms with Crippen molar-refractivity contribution in [3.8, 4) is 0 Å². The van der Waals surface area contributed by atoms with Crippen molar-refractivity contribution < 1.29 is 13.2 Å². The number of hydrogen-bond donors (Lipinski definition) is 3. The smallest absolute Gasteiger partial charge is 0.241 e. The van der Waals surface area contributed by atoms with Gasteiger partial charge in [0.1, 0.15) is 0 Å². The van der Waals surface area contributed by atoms with E-state index >= 15 is 0 Å². The van der Waals surface area contributed by atoms with Gasteiger partial charge in [-0.15, -0.1) is 12.4 Å². The highest BCUT2D eigenvalue weighted by atomic mass is 35.5. The molecule has 0 saturated heterocycles. The van der Waals surface area contributed by atoms with Crippen molar-refractivity contribution in [3.63, 3.8) is 0 Å². The minimum atomic E-state index is -3.69. The topological polar surface area (TPSA) is 101 Å². The third kappa shape index (κ3) is 4.42. The van der Waals surface area contributed by atoms with Crippen LogP contribution >= 0.6 is 12.4 Å². The maximum Gasteiger partial charge on any atom is 0.241 e. The second kappa shape index (κ2) is 7.74. The van der Waals surface area contributed by atoms with Gasteiger partial charge in [-0.1, -0.05) is 24.3 Å². The van der Waals surface area contributed by atoms with Gasteiger partial charge in [-0.3, -0.25) is 4.79 Å². The standard InChI is InChI=1S/C15H19N3O3S.ClH/c1-10(9-16)18-22(20,21)15-8-7-14(17-11(2)19)12-5-3-4-6-13(12)15;/h3-8,10,18H,9,16H2,1-2H3,(H,17,19);1H/t10-;/m0./s1. The van der Waals surface area contributed by atoms with Gasteiger partial charge in [0.25, 0.3) is 0 Å². The summed E-state index contributed by atoms with van der Waals surface area (Å²) in [5, 5.41) is 3.92. The Labute approximate surface area is 141 Å². The SMILES string of the molecule is CC(=O)Nc1ccc(S(=O)(=O)N[C@@H](C)CN)c2ccccc12.Cl. The van der Waals surface area contributed by atoms with Crippen LogP contribution in [0.2, 0.25) is 0 Å². The third-order valence-electron chi connectivity index (χ3n) is 3.19. The van der Waals surface area contributed by atoms with Crippen LogP contribution < -0.4 is 15.8 Å². The maximum absolute atomic E-state index is 12.5. The molecule has 0 saturated carbocycles. The Balaban J connectivity index is 0.00000264. The predicted octanol–water partition coefficient (Wildman–Crippen LogP) is 1.85. The van der Waals surface area contributed by atoms with E-state index in [2.05, 4.69) is 10.0 Å². The molecule has 1 amide bonds. The molecule has 0 aromatic heterocycles. The molecule has 0 bridgehead atoms. The number of amides is 1. The molecule has 6 nitrogen and oxygen atoms in total. The van der Waals surface area contributed by atoms with E-state index in [0.29, 0.717) is 16.5 Å². The number of halogens is 1. The van der Waals surface area contributed by atoms with Crippen LogP contribution in [0.25, 0.3) is 10.8 Å². The molecular formula is C15H20ClN3O3S. The van der Waals surface area contributed by atoms with Crippen LogP contribution in [-0.2, 0) is 14.8 Å². The lowest BCUT2D eigenvalue weighted by Crippen LogP contribution is -2.37. The average Bonchev–Trinajstić information content (AvgIpc) is 2.46. The van der Waals surface area contributed by atoms with Gasteiger partial charge in [0.05, 0.1) is 4.90 Å². The van der Waals surface area contributed by atoms with Gasteiger partial charge in [-0.05, 0) is 19.1 Å². The van der Waals surface area contributed by atoms with Crippen LogP contribution in [-0.4, -0.2) is 26.9 Å². The highest BCUT2D eigenvalue weighted by molar-refractivity contribution is 7.89. The average molecular weight is 358 g/mol. The first-order chi connectivity index (χ1) is 10.3. The first-order valence-electron chi connectivity index (χ1n) is 6.87. The van der Waals surface area contributed by atoms with Gasteiger partial charge in [-0.25, -0.2) is 13.1 Å². The van der Waals surface area contributed by atoms with E-state index in [0.717, 1.165) is 0 Å². The second-order valence-corrected chi connectivity index (χ2v) is 6.78. The molecular weight excluding hydrogens is 338 g/mol. The van der Waals surface area contributed by atoms with Crippen molar-refractivity contribution in [1.82, 2.24) is 4.72 Å². The van der Waals surface area contributed by atoms with Gasteiger partial charge in [-0.2, -0.15) is 0 Å². The van der Waals surface area contributed by atoms with Gasteiger partial charge in [0, 0.05) is 36.0 Å². The molecule has 8 heteroatoms. The number of nitrogens with one attached hydrogen (secondary N) is 2. The van der Waals surface area contributed by atoms with E-state index in [1.54, 1.807) is 37.3 Å². The van der Waals surface area contributed by atoms with Crippen molar-refractivity contribution in [2.24, 2.45) is 5.73 Å². The molecule has 0 aliphatic carbocycles. The summed E-state index contributed by atoms with van der Waals surface area (Å²) in [6.45, 7) is 3.32. The van der Waals surface area contributed by atoms with Crippen molar-refractivity contribution in [2.45, 2.75) is 24.8 Å². The Morgan fingerprint density at radius 1 is 1.17 bits per heavy atom. The minimum Gasteiger partial charge on any atom is -0.329 e. The molecule has 0 spiro atoms. The number of benzene rings is 2. The molecule has 4 N–H and O–H groups in total. The molecule has 126 valence electrons. The molecule has 2 aromatic carbocycles. The molecule has 0 aliphatic rings. The number of carbonyl (C=O) groups is 1. The van der Waals surface area contributed by atoms with Crippen LogP contribution in [0, 0.1) is 0 Å². The maximum atomic E-state index is 12.5. The Bertz CT molecular complexity index is 809. The molecule has 2 aromatic rings. The molecule has 1 atom stereocenters. The van der Waals surface area contributed by atoms with E-state index in [9.17, 15) is 13.2 Å². The fourth-order valence-corrected chi connectivity index (χ4v) is 3.65. The van der Waals surface area contributed by atoms with E-state index in [1.165, 1.54) is 13.0 Å². The predicted molar refractivity (Wildman–Crippen MR) is 94.3 cm³/mol. The van der Waals surface area contributed by atoms with Crippen LogP contribution in [0.5, 0.6) is 0 Å². The zero-order valence-electron chi connectivity index (χ0n) is 12.9. The lowest BCUT2D eigenvalue weighted by Gasteiger charge is -2.15. The monoisotopic (exact) mass is 357 g/mol. The fourth-order valence-electron chi connectivity index (χ4n) is 2.18. The summed E-state index contributed by atoms with van der Waals surface area (Å²) in [4.78, 5) is 11.4. The summed E-state index contributed by atoms with van der Waals surface area (Å²) in [6, 6.07) is 9.74. The summed E-state index contributed by atoms with van der Waals surface area (Å²) in [5.41, 5.74) is 6.05. The second-order valence-electron chi connectivity index (χ2n) is 5.10. The van der Waals surface area contributed by atoms with Crippen LogP contribution in [0.1, 0.15) is 13.8 Å². The summed E-state index contributed by atoms with van der Waals surface area (Å²) in [7, 11) is -3.69. The fraction of sp³-hybridized carbons (Fsp3) is 0.267. The lowest BCUT2D eigenvalue weighted by molar-refractivity contribution is -0.114. The first-order valence-corrected chi connectivity index (χ1v) is 8.35. The zero-order valence-corrected chi connectivity index (χ0v) is 14.5. The van der Waals surface area contributed by atoms with Gasteiger partial charge in [0.15, 0.2) is 0 Å². The summed E-state index contributed by atoms with van der Waals surface area (Å²) in [5.74, 6) is -0.212. The number of nitrogens with two attached hydrogens (primary N) is 1. The Kier molecular flexibility index (Phi) is 6.52. The van der Waals surface area contributed by atoms with Crippen LogP contribution in [0.15, 0.2) is 41.3 Å². The number of hydrogen-bond acceptors (Lipinski definition) is 4. The number of fused-ring (bicyclic) bond motifs is 1. The van der Waals surface area contributed by atoms with Crippen molar-refractivity contribution in [3.05, 3.63) is 36.4 Å². The zero-order chi connectivity index (χ0) is 16.3. The summed E-state index contributed by atoms with van der Waals surface area (Å²) >= 11 is 0. The molecule has 0 fully saturated rings. The Morgan fingerprint density at radius 2 is 1.78 bits per heavy atom. The van der Waals surface area contributed by atoms with Gasteiger partial charge < -0.3 is 11.1 Å². The third-order valence-corrected chi connectivity index (χ3v) is 4.84. The number of anilines is 1. The van der Waals surface area contributed by atoms with Crippen LogP contribution in [0.4, 0.5) is 5.69 Å². The van der Waals surface area contributed by atoms with E-state index in [4.69, 9.17) is 5.73 Å². The van der Waals surface area contributed by atoms with Gasteiger partial charge >= 0.3 is 0 Å². The molecule has 0 aliphatic heterocycles. The number of carbonyl (C=O) groups excluding carboxylic acids is 1. The minimum absolute atomic E-state index is 0. The highest BCUT2D eigenvalue weighted by Crippen LogP contribution is 2.29. The quantitative estimate of drug-likeness (QED) is 0.760. The number of sulfonamides is 1. The molecule has 23 heavy (non-hydrogen) atoms. The van der Waals surface area contributed by atoms with Crippen LogP contribution in [0.3, 0.4) is 0 Å². The highest BCUT2D eigenvalue weighted by Gasteiger charge is 2.20.